The molecule has 1 aliphatic heterocycles. The molecule has 8 nitrogen and oxygen atoms in total. The van der Waals surface area contributed by atoms with Crippen molar-refractivity contribution in [2.24, 2.45) is 0 Å². The lowest BCUT2D eigenvalue weighted by Gasteiger charge is -2.27. The average molecular weight is 419 g/mol. The molecule has 1 aliphatic rings. The molecule has 1 N–H and O–H groups in total. The van der Waals surface area contributed by atoms with Gasteiger partial charge in [0, 0.05) is 31.7 Å². The minimum Gasteiger partial charge on any atom is -0.378 e. The van der Waals surface area contributed by atoms with Crippen LogP contribution in [0, 0.1) is 0 Å². The summed E-state index contributed by atoms with van der Waals surface area (Å²) in [6, 6.07) is 9.61. The van der Waals surface area contributed by atoms with Gasteiger partial charge in [0.1, 0.15) is 5.82 Å². The van der Waals surface area contributed by atoms with Crippen LogP contribution < -0.4 is 10.2 Å². The van der Waals surface area contributed by atoms with Gasteiger partial charge in [-0.15, -0.1) is 0 Å². The molecule has 2 aromatic rings. The van der Waals surface area contributed by atoms with Gasteiger partial charge in [0.25, 0.3) is 5.91 Å². The van der Waals surface area contributed by atoms with Crippen molar-refractivity contribution >= 4 is 27.4 Å². The molecule has 1 saturated heterocycles. The van der Waals surface area contributed by atoms with Crippen LogP contribution in [-0.2, 0) is 14.8 Å². The maximum absolute atomic E-state index is 12.5. The first-order valence-electron chi connectivity index (χ1n) is 9.66. The van der Waals surface area contributed by atoms with Crippen LogP contribution >= 0.6 is 0 Å². The Morgan fingerprint density at radius 3 is 2.31 bits per heavy atom. The van der Waals surface area contributed by atoms with Gasteiger partial charge in [0.15, 0.2) is 0 Å². The Hall–Kier alpha value is -2.49. The summed E-state index contributed by atoms with van der Waals surface area (Å²) in [7, 11) is -3.54. The van der Waals surface area contributed by atoms with E-state index in [2.05, 4.69) is 15.2 Å². The maximum Gasteiger partial charge on any atom is 0.255 e. The molecule has 0 aliphatic carbocycles. The summed E-state index contributed by atoms with van der Waals surface area (Å²) in [6.45, 7) is 7.33. The molecule has 2 heterocycles. The highest BCUT2D eigenvalue weighted by atomic mass is 32.2. The number of carbonyl (C=O) groups excluding carboxylic acids is 1. The van der Waals surface area contributed by atoms with Crippen molar-refractivity contribution in [3.05, 3.63) is 48.2 Å². The second kappa shape index (κ2) is 9.34. The van der Waals surface area contributed by atoms with E-state index in [-0.39, 0.29) is 10.8 Å². The Bertz CT molecular complexity index is 920. The van der Waals surface area contributed by atoms with Gasteiger partial charge in [0.2, 0.25) is 10.0 Å². The Morgan fingerprint density at radius 2 is 1.76 bits per heavy atom. The SMILES string of the molecule is CCN(CC)S(=O)(=O)c1ccc(C(=O)Nc2ccc(N3CCOCC3)nc2)cc1. The predicted molar refractivity (Wildman–Crippen MR) is 112 cm³/mol. The molecular formula is C20H26N4O4S. The van der Waals surface area contributed by atoms with Crippen molar-refractivity contribution in [3.63, 3.8) is 0 Å². The van der Waals surface area contributed by atoms with Gasteiger partial charge in [-0.3, -0.25) is 4.79 Å². The fraction of sp³-hybridized carbons (Fsp3) is 0.400. The third kappa shape index (κ3) is 4.92. The smallest absolute Gasteiger partial charge is 0.255 e. The Kier molecular flexibility index (Phi) is 6.83. The van der Waals surface area contributed by atoms with Crippen LogP contribution in [0.3, 0.4) is 0 Å². The number of aromatic nitrogens is 1. The van der Waals surface area contributed by atoms with Crippen LogP contribution in [0.4, 0.5) is 11.5 Å². The molecule has 1 amide bonds. The number of pyridine rings is 1. The summed E-state index contributed by atoms with van der Waals surface area (Å²) in [5, 5.41) is 2.79. The molecule has 0 atom stereocenters. The van der Waals surface area contributed by atoms with E-state index in [1.165, 1.54) is 28.6 Å². The number of nitrogens with zero attached hydrogens (tertiary/aromatic N) is 3. The molecule has 3 rings (SSSR count). The second-order valence-electron chi connectivity index (χ2n) is 6.57. The zero-order chi connectivity index (χ0) is 20.9. The van der Waals surface area contributed by atoms with E-state index < -0.39 is 10.0 Å². The number of sulfonamides is 1. The van der Waals surface area contributed by atoms with E-state index in [0.717, 1.165) is 18.9 Å². The lowest BCUT2D eigenvalue weighted by Crippen LogP contribution is -2.36. The number of ether oxygens (including phenoxy) is 1. The molecule has 0 bridgehead atoms. The summed E-state index contributed by atoms with van der Waals surface area (Å²) in [6.07, 6.45) is 1.61. The number of anilines is 2. The summed E-state index contributed by atoms with van der Waals surface area (Å²) in [4.78, 5) is 19.2. The quantitative estimate of drug-likeness (QED) is 0.741. The number of carbonyl (C=O) groups is 1. The number of hydrogen-bond donors (Lipinski definition) is 1. The summed E-state index contributed by atoms with van der Waals surface area (Å²) in [5.41, 5.74) is 0.951. The van der Waals surface area contributed by atoms with Gasteiger partial charge in [-0.1, -0.05) is 13.8 Å². The molecular weight excluding hydrogens is 392 g/mol. The van der Waals surface area contributed by atoms with Crippen molar-refractivity contribution in [2.45, 2.75) is 18.7 Å². The van der Waals surface area contributed by atoms with Crippen LogP contribution in [0.1, 0.15) is 24.2 Å². The van der Waals surface area contributed by atoms with Gasteiger partial charge in [0.05, 0.1) is 30.0 Å². The van der Waals surface area contributed by atoms with Crippen LogP contribution in [0.25, 0.3) is 0 Å². The molecule has 0 saturated carbocycles. The first kappa shape index (κ1) is 21.2. The highest BCUT2D eigenvalue weighted by Crippen LogP contribution is 2.18. The zero-order valence-electron chi connectivity index (χ0n) is 16.7. The van der Waals surface area contributed by atoms with Gasteiger partial charge in [-0.05, 0) is 36.4 Å². The number of morpholine rings is 1. The topological polar surface area (TPSA) is 91.8 Å². The number of hydrogen-bond acceptors (Lipinski definition) is 6. The number of amides is 1. The van der Waals surface area contributed by atoms with E-state index >= 15 is 0 Å². The fourth-order valence-corrected chi connectivity index (χ4v) is 4.59. The van der Waals surface area contributed by atoms with E-state index in [0.29, 0.717) is 37.6 Å². The van der Waals surface area contributed by atoms with E-state index in [1.54, 1.807) is 26.1 Å². The molecule has 29 heavy (non-hydrogen) atoms. The summed E-state index contributed by atoms with van der Waals surface area (Å²) < 4.78 is 31.8. The highest BCUT2D eigenvalue weighted by molar-refractivity contribution is 7.89. The van der Waals surface area contributed by atoms with Crippen molar-refractivity contribution in [1.82, 2.24) is 9.29 Å². The van der Waals surface area contributed by atoms with Crippen LogP contribution in [0.5, 0.6) is 0 Å². The van der Waals surface area contributed by atoms with Crippen molar-refractivity contribution in [1.29, 1.82) is 0 Å². The minimum absolute atomic E-state index is 0.175. The molecule has 9 heteroatoms. The second-order valence-corrected chi connectivity index (χ2v) is 8.51. The fourth-order valence-electron chi connectivity index (χ4n) is 3.13. The third-order valence-corrected chi connectivity index (χ3v) is 6.86. The number of benzene rings is 1. The first-order valence-corrected chi connectivity index (χ1v) is 11.1. The minimum atomic E-state index is -3.54. The van der Waals surface area contributed by atoms with E-state index in [4.69, 9.17) is 4.74 Å². The molecule has 0 radical (unpaired) electrons. The average Bonchev–Trinajstić information content (AvgIpc) is 2.75. The molecule has 1 aromatic carbocycles. The van der Waals surface area contributed by atoms with Crippen LogP contribution in [0.15, 0.2) is 47.5 Å². The van der Waals surface area contributed by atoms with Crippen LogP contribution in [-0.4, -0.2) is 63.0 Å². The van der Waals surface area contributed by atoms with Crippen molar-refractivity contribution in [3.8, 4) is 0 Å². The van der Waals surface area contributed by atoms with E-state index in [9.17, 15) is 13.2 Å². The number of rotatable bonds is 7. The highest BCUT2D eigenvalue weighted by Gasteiger charge is 2.21. The molecule has 1 aromatic heterocycles. The maximum atomic E-state index is 12.5. The van der Waals surface area contributed by atoms with Gasteiger partial charge < -0.3 is 15.0 Å². The van der Waals surface area contributed by atoms with E-state index in [1.807, 2.05) is 6.07 Å². The van der Waals surface area contributed by atoms with Gasteiger partial charge in [-0.2, -0.15) is 4.31 Å². The molecule has 0 spiro atoms. The number of nitrogens with one attached hydrogen (secondary N) is 1. The third-order valence-electron chi connectivity index (χ3n) is 4.80. The van der Waals surface area contributed by atoms with Crippen molar-refractivity contribution < 1.29 is 17.9 Å². The Balaban J connectivity index is 1.66. The molecule has 1 fully saturated rings. The molecule has 156 valence electrons. The zero-order valence-corrected chi connectivity index (χ0v) is 17.5. The first-order chi connectivity index (χ1) is 14.0. The summed E-state index contributed by atoms with van der Waals surface area (Å²) in [5.74, 6) is 0.523. The lowest BCUT2D eigenvalue weighted by atomic mass is 10.2. The van der Waals surface area contributed by atoms with Gasteiger partial charge in [-0.25, -0.2) is 13.4 Å². The molecule has 0 unspecified atom stereocenters. The Morgan fingerprint density at radius 1 is 1.10 bits per heavy atom. The predicted octanol–water partition coefficient (Wildman–Crippen LogP) is 2.20. The standard InChI is InChI=1S/C20H26N4O4S/c1-3-24(4-2)29(26,27)18-8-5-16(6-9-18)20(25)22-17-7-10-19(21-15-17)23-11-13-28-14-12-23/h5-10,15H,3-4,11-14H2,1-2H3,(H,22,25). The van der Waals surface area contributed by atoms with Gasteiger partial charge >= 0.3 is 0 Å². The Labute approximate surface area is 171 Å². The normalized spacial score (nSPS) is 14.8. The summed E-state index contributed by atoms with van der Waals surface area (Å²) >= 11 is 0. The largest absolute Gasteiger partial charge is 0.378 e. The lowest BCUT2D eigenvalue weighted by molar-refractivity contribution is 0.102. The monoisotopic (exact) mass is 418 g/mol. The van der Waals surface area contributed by atoms with Crippen LogP contribution in [0.2, 0.25) is 0 Å². The van der Waals surface area contributed by atoms with Crippen molar-refractivity contribution in [2.75, 3.05) is 49.6 Å².